The van der Waals surface area contributed by atoms with Gasteiger partial charge >= 0.3 is 0 Å². The van der Waals surface area contributed by atoms with E-state index >= 15 is 0 Å². The lowest BCUT2D eigenvalue weighted by Gasteiger charge is -2.15. The molecule has 1 aromatic heterocycles. The van der Waals surface area contributed by atoms with Crippen LogP contribution in [0.3, 0.4) is 0 Å². The standard InChI is InChI=1S/C13H22N2O3S2/c1-3-4-9-14-12(16)7-5-10-15(2)20(17,18)13-8-6-11-19-13/h6,8,11H,3-5,7,9-10H2,1-2H3,(H,14,16). The summed E-state index contributed by atoms with van der Waals surface area (Å²) in [6.07, 6.45) is 2.90. The number of hydrogen-bond donors (Lipinski definition) is 1. The minimum absolute atomic E-state index is 0.0135. The van der Waals surface area contributed by atoms with Gasteiger partial charge in [-0.1, -0.05) is 19.4 Å². The number of thiophene rings is 1. The Morgan fingerprint density at radius 2 is 2.15 bits per heavy atom. The molecule has 0 spiro atoms. The summed E-state index contributed by atoms with van der Waals surface area (Å²) < 4.78 is 25.9. The molecule has 1 rings (SSSR count). The summed E-state index contributed by atoms with van der Waals surface area (Å²) in [6.45, 7) is 3.11. The zero-order valence-electron chi connectivity index (χ0n) is 12.0. The van der Waals surface area contributed by atoms with Crippen LogP contribution in [-0.2, 0) is 14.8 Å². The molecular formula is C13H22N2O3S2. The van der Waals surface area contributed by atoms with Crippen molar-refractivity contribution in [2.45, 2.75) is 36.8 Å². The SMILES string of the molecule is CCCCNC(=O)CCCN(C)S(=O)(=O)c1cccs1. The van der Waals surface area contributed by atoms with Crippen LogP contribution in [0, 0.1) is 0 Å². The van der Waals surface area contributed by atoms with Gasteiger partial charge in [0.2, 0.25) is 5.91 Å². The van der Waals surface area contributed by atoms with E-state index in [2.05, 4.69) is 12.2 Å². The predicted octanol–water partition coefficient (Wildman–Crippen LogP) is 2.07. The maximum Gasteiger partial charge on any atom is 0.252 e. The first-order chi connectivity index (χ1) is 9.48. The third kappa shape index (κ3) is 5.22. The van der Waals surface area contributed by atoms with Crippen molar-refractivity contribution in [3.63, 3.8) is 0 Å². The van der Waals surface area contributed by atoms with Crippen LogP contribution in [0.25, 0.3) is 0 Å². The first kappa shape index (κ1) is 17.1. The van der Waals surface area contributed by atoms with Crippen molar-refractivity contribution in [3.8, 4) is 0 Å². The first-order valence-corrected chi connectivity index (χ1v) is 9.07. The Labute approximate surface area is 125 Å². The van der Waals surface area contributed by atoms with Gasteiger partial charge in [0.05, 0.1) is 0 Å². The fourth-order valence-electron chi connectivity index (χ4n) is 1.64. The van der Waals surface area contributed by atoms with Crippen molar-refractivity contribution in [1.82, 2.24) is 9.62 Å². The molecule has 0 aromatic carbocycles. The van der Waals surface area contributed by atoms with Gasteiger partial charge in [0, 0.05) is 26.6 Å². The molecule has 0 saturated carbocycles. The van der Waals surface area contributed by atoms with Crippen LogP contribution in [0.1, 0.15) is 32.6 Å². The van der Waals surface area contributed by atoms with Gasteiger partial charge in [-0.25, -0.2) is 12.7 Å². The van der Waals surface area contributed by atoms with Gasteiger partial charge in [0.1, 0.15) is 4.21 Å². The zero-order chi connectivity index (χ0) is 15.0. The lowest BCUT2D eigenvalue weighted by molar-refractivity contribution is -0.121. The molecule has 0 saturated heterocycles. The smallest absolute Gasteiger partial charge is 0.252 e. The summed E-state index contributed by atoms with van der Waals surface area (Å²) in [5.74, 6) is -0.0135. The molecule has 0 bridgehead atoms. The van der Waals surface area contributed by atoms with Gasteiger partial charge in [0.25, 0.3) is 10.0 Å². The average molecular weight is 318 g/mol. The number of nitrogens with zero attached hydrogens (tertiary/aromatic N) is 1. The fourth-order valence-corrected chi connectivity index (χ4v) is 4.05. The number of carbonyl (C=O) groups excluding carboxylic acids is 1. The summed E-state index contributed by atoms with van der Waals surface area (Å²) in [4.78, 5) is 11.5. The number of hydrogen-bond acceptors (Lipinski definition) is 4. The van der Waals surface area contributed by atoms with Gasteiger partial charge in [0.15, 0.2) is 0 Å². The van der Waals surface area contributed by atoms with Crippen molar-refractivity contribution in [2.24, 2.45) is 0 Å². The molecule has 0 aliphatic heterocycles. The van der Waals surface area contributed by atoms with Crippen LogP contribution in [0.15, 0.2) is 21.7 Å². The van der Waals surface area contributed by atoms with E-state index in [0.29, 0.717) is 30.1 Å². The number of nitrogens with one attached hydrogen (secondary N) is 1. The van der Waals surface area contributed by atoms with Gasteiger partial charge in [-0.05, 0) is 24.3 Å². The van der Waals surface area contributed by atoms with E-state index in [1.54, 1.807) is 24.6 Å². The van der Waals surface area contributed by atoms with Gasteiger partial charge in [-0.3, -0.25) is 4.79 Å². The molecule has 0 fully saturated rings. The highest BCUT2D eigenvalue weighted by molar-refractivity contribution is 7.91. The molecule has 114 valence electrons. The van der Waals surface area contributed by atoms with Crippen molar-refractivity contribution in [1.29, 1.82) is 0 Å². The van der Waals surface area contributed by atoms with Crippen LogP contribution in [0.2, 0.25) is 0 Å². The third-order valence-corrected chi connectivity index (χ3v) is 6.12. The molecule has 5 nitrogen and oxygen atoms in total. The van der Waals surface area contributed by atoms with E-state index in [1.165, 1.54) is 15.6 Å². The van der Waals surface area contributed by atoms with Gasteiger partial charge in [-0.15, -0.1) is 11.3 Å². The van der Waals surface area contributed by atoms with E-state index in [1.807, 2.05) is 0 Å². The molecule has 7 heteroatoms. The second-order valence-corrected chi connectivity index (χ2v) is 7.79. The van der Waals surface area contributed by atoms with Crippen LogP contribution in [-0.4, -0.2) is 38.8 Å². The lowest BCUT2D eigenvalue weighted by atomic mass is 10.3. The highest BCUT2D eigenvalue weighted by atomic mass is 32.2. The average Bonchev–Trinajstić information content (AvgIpc) is 2.93. The Balaban J connectivity index is 2.33. The van der Waals surface area contributed by atoms with E-state index in [0.717, 1.165) is 12.8 Å². The second-order valence-electron chi connectivity index (χ2n) is 4.57. The molecule has 1 amide bonds. The molecule has 0 radical (unpaired) electrons. The summed E-state index contributed by atoms with van der Waals surface area (Å²) in [5.41, 5.74) is 0. The Bertz CT molecular complexity index is 498. The van der Waals surface area contributed by atoms with Crippen molar-refractivity contribution in [3.05, 3.63) is 17.5 Å². The van der Waals surface area contributed by atoms with E-state index < -0.39 is 10.0 Å². The summed E-state index contributed by atoms with van der Waals surface area (Å²) in [6, 6.07) is 3.31. The summed E-state index contributed by atoms with van der Waals surface area (Å²) >= 11 is 1.20. The van der Waals surface area contributed by atoms with Crippen molar-refractivity contribution < 1.29 is 13.2 Å². The van der Waals surface area contributed by atoms with E-state index in [4.69, 9.17) is 0 Å². The molecule has 0 atom stereocenters. The predicted molar refractivity (Wildman–Crippen MR) is 81.3 cm³/mol. The summed E-state index contributed by atoms with van der Waals surface area (Å²) in [7, 11) is -1.85. The van der Waals surface area contributed by atoms with Gasteiger partial charge < -0.3 is 5.32 Å². The van der Waals surface area contributed by atoms with Crippen LogP contribution in [0.5, 0.6) is 0 Å². The molecule has 0 aliphatic rings. The number of unbranched alkanes of at least 4 members (excludes halogenated alkanes) is 1. The zero-order valence-corrected chi connectivity index (χ0v) is 13.6. The molecule has 0 unspecified atom stereocenters. The van der Waals surface area contributed by atoms with Crippen molar-refractivity contribution in [2.75, 3.05) is 20.1 Å². The number of sulfonamides is 1. The normalized spacial score (nSPS) is 11.8. The van der Waals surface area contributed by atoms with Crippen LogP contribution < -0.4 is 5.32 Å². The van der Waals surface area contributed by atoms with E-state index in [-0.39, 0.29) is 5.91 Å². The van der Waals surface area contributed by atoms with Crippen LogP contribution >= 0.6 is 11.3 Å². The largest absolute Gasteiger partial charge is 0.356 e. The molecule has 1 heterocycles. The Kier molecular flexibility index (Phi) is 7.18. The molecule has 0 aliphatic carbocycles. The number of amides is 1. The molecule has 1 N–H and O–H groups in total. The highest BCUT2D eigenvalue weighted by Gasteiger charge is 2.21. The Hall–Kier alpha value is -0.920. The quantitative estimate of drug-likeness (QED) is 0.709. The number of rotatable bonds is 9. The third-order valence-electron chi connectivity index (χ3n) is 2.89. The number of carbonyl (C=O) groups is 1. The summed E-state index contributed by atoms with van der Waals surface area (Å²) in [5, 5.41) is 4.56. The highest BCUT2D eigenvalue weighted by Crippen LogP contribution is 2.19. The first-order valence-electron chi connectivity index (χ1n) is 6.75. The topological polar surface area (TPSA) is 66.5 Å². The fraction of sp³-hybridized carbons (Fsp3) is 0.615. The minimum atomic E-state index is -3.39. The minimum Gasteiger partial charge on any atom is -0.356 e. The second kappa shape index (κ2) is 8.39. The molecule has 1 aromatic rings. The van der Waals surface area contributed by atoms with Gasteiger partial charge in [-0.2, -0.15) is 0 Å². The maximum absolute atomic E-state index is 12.1. The van der Waals surface area contributed by atoms with E-state index in [9.17, 15) is 13.2 Å². The van der Waals surface area contributed by atoms with Crippen molar-refractivity contribution >= 4 is 27.3 Å². The Morgan fingerprint density at radius 3 is 2.75 bits per heavy atom. The lowest BCUT2D eigenvalue weighted by Crippen LogP contribution is -2.29. The molecule has 20 heavy (non-hydrogen) atoms. The Morgan fingerprint density at radius 1 is 1.40 bits per heavy atom. The monoisotopic (exact) mass is 318 g/mol. The van der Waals surface area contributed by atoms with Crippen LogP contribution in [0.4, 0.5) is 0 Å². The molecular weight excluding hydrogens is 296 g/mol. The maximum atomic E-state index is 12.1.